The highest BCUT2D eigenvalue weighted by atomic mass is 35.5. The van der Waals surface area contributed by atoms with E-state index in [0.29, 0.717) is 27.8 Å². The van der Waals surface area contributed by atoms with Crippen LogP contribution in [0.25, 0.3) is 0 Å². The SMILES string of the molecule is CN(Cc1cccc(Cl)c1)C(=O)c1cccc(NS(=O)(=O)c2ccc(Cl)cc2)c1. The van der Waals surface area contributed by atoms with Gasteiger partial charge in [-0.25, -0.2) is 8.42 Å². The first-order valence-electron chi connectivity index (χ1n) is 8.63. The lowest BCUT2D eigenvalue weighted by molar-refractivity contribution is 0.0785. The molecule has 0 heterocycles. The Morgan fingerprint density at radius 3 is 2.31 bits per heavy atom. The highest BCUT2D eigenvalue weighted by Gasteiger charge is 2.17. The van der Waals surface area contributed by atoms with E-state index < -0.39 is 10.0 Å². The quantitative estimate of drug-likeness (QED) is 0.572. The average molecular weight is 449 g/mol. The standard InChI is InChI=1S/C21H18Cl2N2O3S/c1-25(14-15-4-2-6-18(23)12-15)21(26)16-5-3-7-19(13-16)24-29(27,28)20-10-8-17(22)9-11-20/h2-13,24H,14H2,1H3. The van der Waals surface area contributed by atoms with E-state index in [1.54, 1.807) is 42.3 Å². The Kier molecular flexibility index (Phi) is 6.47. The Hall–Kier alpha value is -2.54. The number of anilines is 1. The summed E-state index contributed by atoms with van der Waals surface area (Å²) in [6.45, 7) is 0.375. The van der Waals surface area contributed by atoms with Crippen molar-refractivity contribution in [3.63, 3.8) is 0 Å². The third-order valence-electron chi connectivity index (χ3n) is 4.14. The first-order chi connectivity index (χ1) is 13.7. The summed E-state index contributed by atoms with van der Waals surface area (Å²) in [7, 11) is -2.12. The molecule has 0 aliphatic heterocycles. The molecule has 5 nitrogen and oxygen atoms in total. The molecule has 150 valence electrons. The lowest BCUT2D eigenvalue weighted by Crippen LogP contribution is -2.26. The molecule has 0 bridgehead atoms. The van der Waals surface area contributed by atoms with Crippen LogP contribution in [0.3, 0.4) is 0 Å². The van der Waals surface area contributed by atoms with Crippen LogP contribution in [0.4, 0.5) is 5.69 Å². The fourth-order valence-electron chi connectivity index (χ4n) is 2.74. The van der Waals surface area contributed by atoms with Crippen LogP contribution in [0.5, 0.6) is 0 Å². The number of amides is 1. The summed E-state index contributed by atoms with van der Waals surface area (Å²) in [6.07, 6.45) is 0. The van der Waals surface area contributed by atoms with Crippen LogP contribution in [-0.4, -0.2) is 26.3 Å². The largest absolute Gasteiger partial charge is 0.337 e. The normalized spacial score (nSPS) is 11.1. The molecule has 1 N–H and O–H groups in total. The van der Waals surface area contributed by atoms with Crippen molar-refractivity contribution in [2.45, 2.75) is 11.4 Å². The fourth-order valence-corrected chi connectivity index (χ4v) is 4.13. The van der Waals surface area contributed by atoms with Gasteiger partial charge in [0.15, 0.2) is 0 Å². The zero-order chi connectivity index (χ0) is 21.0. The van der Waals surface area contributed by atoms with Crippen LogP contribution in [0, 0.1) is 0 Å². The van der Waals surface area contributed by atoms with Gasteiger partial charge < -0.3 is 4.90 Å². The first kappa shape index (κ1) is 21.2. The molecule has 0 aromatic heterocycles. The zero-order valence-electron chi connectivity index (χ0n) is 15.5. The Bertz CT molecular complexity index is 1130. The Labute approximate surface area is 179 Å². The molecule has 3 aromatic rings. The van der Waals surface area contributed by atoms with Crippen LogP contribution >= 0.6 is 23.2 Å². The van der Waals surface area contributed by atoms with Crippen molar-refractivity contribution in [2.75, 3.05) is 11.8 Å². The third-order valence-corrected chi connectivity index (χ3v) is 6.03. The second-order valence-electron chi connectivity index (χ2n) is 6.43. The Morgan fingerprint density at radius 2 is 1.62 bits per heavy atom. The molecule has 0 aliphatic carbocycles. The van der Waals surface area contributed by atoms with Gasteiger partial charge in [0.2, 0.25) is 0 Å². The summed E-state index contributed by atoms with van der Waals surface area (Å²) >= 11 is 11.8. The van der Waals surface area contributed by atoms with Gasteiger partial charge in [-0.2, -0.15) is 0 Å². The van der Waals surface area contributed by atoms with Gasteiger partial charge in [-0.1, -0.05) is 41.4 Å². The van der Waals surface area contributed by atoms with E-state index >= 15 is 0 Å². The number of nitrogens with zero attached hydrogens (tertiary/aromatic N) is 1. The van der Waals surface area contributed by atoms with Crippen molar-refractivity contribution >= 4 is 44.8 Å². The van der Waals surface area contributed by atoms with Crippen molar-refractivity contribution < 1.29 is 13.2 Å². The predicted molar refractivity (Wildman–Crippen MR) is 116 cm³/mol. The maximum absolute atomic E-state index is 12.8. The lowest BCUT2D eigenvalue weighted by atomic mass is 10.1. The molecule has 29 heavy (non-hydrogen) atoms. The summed E-state index contributed by atoms with van der Waals surface area (Å²) in [6, 6.07) is 19.4. The van der Waals surface area contributed by atoms with E-state index in [9.17, 15) is 13.2 Å². The molecule has 0 fully saturated rings. The summed E-state index contributed by atoms with van der Waals surface area (Å²) in [5, 5.41) is 1.04. The number of hydrogen-bond donors (Lipinski definition) is 1. The number of carbonyl (C=O) groups is 1. The van der Waals surface area contributed by atoms with Gasteiger partial charge >= 0.3 is 0 Å². The lowest BCUT2D eigenvalue weighted by Gasteiger charge is -2.18. The summed E-state index contributed by atoms with van der Waals surface area (Å²) in [4.78, 5) is 14.4. The van der Waals surface area contributed by atoms with Gasteiger partial charge in [0.1, 0.15) is 0 Å². The number of benzene rings is 3. The first-order valence-corrected chi connectivity index (χ1v) is 10.9. The van der Waals surface area contributed by atoms with E-state index in [-0.39, 0.29) is 10.8 Å². The topological polar surface area (TPSA) is 66.5 Å². The average Bonchev–Trinajstić information content (AvgIpc) is 2.67. The van der Waals surface area contributed by atoms with Crippen LogP contribution < -0.4 is 4.72 Å². The molecule has 0 radical (unpaired) electrons. The molecule has 0 saturated heterocycles. The van der Waals surface area contributed by atoms with Gasteiger partial charge in [0, 0.05) is 34.9 Å². The minimum Gasteiger partial charge on any atom is -0.337 e. The number of carbonyl (C=O) groups excluding carboxylic acids is 1. The smallest absolute Gasteiger partial charge is 0.261 e. The highest BCUT2D eigenvalue weighted by Crippen LogP contribution is 2.20. The summed E-state index contributed by atoms with van der Waals surface area (Å²) in [5.74, 6) is -0.238. The van der Waals surface area contributed by atoms with Gasteiger partial charge in [0.25, 0.3) is 15.9 Å². The molecule has 0 saturated carbocycles. The summed E-state index contributed by atoms with van der Waals surface area (Å²) in [5.41, 5.74) is 1.56. The minimum absolute atomic E-state index is 0.0803. The zero-order valence-corrected chi connectivity index (χ0v) is 17.8. The monoisotopic (exact) mass is 448 g/mol. The number of nitrogens with one attached hydrogen (secondary N) is 1. The van der Waals surface area contributed by atoms with Crippen molar-refractivity contribution in [1.29, 1.82) is 0 Å². The number of hydrogen-bond acceptors (Lipinski definition) is 3. The van der Waals surface area contributed by atoms with E-state index in [2.05, 4.69) is 4.72 Å². The summed E-state index contributed by atoms with van der Waals surface area (Å²) < 4.78 is 27.6. The van der Waals surface area contributed by atoms with Gasteiger partial charge in [-0.05, 0) is 60.2 Å². The maximum atomic E-state index is 12.8. The van der Waals surface area contributed by atoms with Crippen LogP contribution in [-0.2, 0) is 16.6 Å². The van der Waals surface area contributed by atoms with Crippen LogP contribution in [0.1, 0.15) is 15.9 Å². The molecular weight excluding hydrogens is 431 g/mol. The number of halogens is 2. The molecule has 3 aromatic carbocycles. The van der Waals surface area contributed by atoms with Crippen molar-refractivity contribution in [3.05, 3.63) is 94.0 Å². The second-order valence-corrected chi connectivity index (χ2v) is 8.99. The second kappa shape index (κ2) is 8.86. The number of sulfonamides is 1. The Morgan fingerprint density at radius 1 is 0.931 bits per heavy atom. The van der Waals surface area contributed by atoms with E-state index in [4.69, 9.17) is 23.2 Å². The Balaban J connectivity index is 1.76. The van der Waals surface area contributed by atoms with Gasteiger partial charge in [-0.15, -0.1) is 0 Å². The van der Waals surface area contributed by atoms with E-state index in [1.807, 2.05) is 12.1 Å². The fraction of sp³-hybridized carbons (Fsp3) is 0.0952. The van der Waals surface area contributed by atoms with Crippen LogP contribution in [0.15, 0.2) is 77.7 Å². The molecule has 3 rings (SSSR count). The third kappa shape index (κ3) is 5.50. The highest BCUT2D eigenvalue weighted by molar-refractivity contribution is 7.92. The molecule has 0 atom stereocenters. The van der Waals surface area contributed by atoms with Gasteiger partial charge in [-0.3, -0.25) is 9.52 Å². The predicted octanol–water partition coefficient (Wildman–Crippen LogP) is 5.07. The molecule has 0 aliphatic rings. The number of rotatable bonds is 6. The van der Waals surface area contributed by atoms with E-state index in [0.717, 1.165) is 5.56 Å². The molecule has 1 amide bonds. The molecule has 8 heteroatoms. The van der Waals surface area contributed by atoms with Crippen molar-refractivity contribution in [1.82, 2.24) is 4.90 Å². The molecular formula is C21H18Cl2N2O3S. The van der Waals surface area contributed by atoms with Crippen molar-refractivity contribution in [2.24, 2.45) is 0 Å². The van der Waals surface area contributed by atoms with Crippen molar-refractivity contribution in [3.8, 4) is 0 Å². The van der Waals surface area contributed by atoms with Crippen LogP contribution in [0.2, 0.25) is 10.0 Å². The molecule has 0 spiro atoms. The van der Waals surface area contributed by atoms with E-state index in [1.165, 1.54) is 30.3 Å². The molecule has 0 unspecified atom stereocenters. The maximum Gasteiger partial charge on any atom is 0.261 e. The minimum atomic E-state index is -3.79. The van der Waals surface area contributed by atoms with Gasteiger partial charge in [0.05, 0.1) is 4.90 Å².